The normalized spacial score (nSPS) is 20.1. The van der Waals surface area contributed by atoms with Crippen molar-refractivity contribution in [2.45, 2.75) is 19.4 Å². The van der Waals surface area contributed by atoms with Gasteiger partial charge in [-0.3, -0.25) is 4.79 Å². The van der Waals surface area contributed by atoms with Crippen molar-refractivity contribution in [2.75, 3.05) is 13.1 Å². The zero-order valence-corrected chi connectivity index (χ0v) is 15.6. The molecule has 1 aliphatic rings. The number of likely N-dealkylation sites (tertiary alicyclic amines) is 1. The van der Waals surface area contributed by atoms with Gasteiger partial charge in [0, 0.05) is 18.8 Å². The molecule has 0 saturated carbocycles. The molecule has 1 aromatic heterocycles. The predicted octanol–water partition coefficient (Wildman–Crippen LogP) is 3.01. The highest BCUT2D eigenvalue weighted by Crippen LogP contribution is 2.26. The van der Waals surface area contributed by atoms with E-state index < -0.39 is 0 Å². The first-order valence-corrected chi connectivity index (χ1v) is 8.31. The predicted molar refractivity (Wildman–Crippen MR) is 96.1 cm³/mol. The first-order valence-electron chi connectivity index (χ1n) is 7.51. The van der Waals surface area contributed by atoms with E-state index in [0.29, 0.717) is 34.9 Å². The summed E-state index contributed by atoms with van der Waals surface area (Å²) in [6.07, 6.45) is 2.63. The number of hydrogen-bond donors (Lipinski definition) is 1. The summed E-state index contributed by atoms with van der Waals surface area (Å²) in [7, 11) is 0. The van der Waals surface area contributed by atoms with Crippen molar-refractivity contribution < 1.29 is 9.18 Å². The Morgan fingerprint density at radius 3 is 2.67 bits per heavy atom. The molecule has 2 atom stereocenters. The van der Waals surface area contributed by atoms with Gasteiger partial charge in [-0.2, -0.15) is 5.10 Å². The average molecular weight is 418 g/mol. The molecule has 1 aliphatic heterocycles. The van der Waals surface area contributed by atoms with Gasteiger partial charge >= 0.3 is 0 Å². The Hall–Kier alpha value is -1.44. The lowest BCUT2D eigenvalue weighted by molar-refractivity contribution is 0.0736. The fraction of sp³-hybridized carbons (Fsp3) is 0.375. The molecular weight excluding hydrogens is 399 g/mol. The lowest BCUT2D eigenvalue weighted by Crippen LogP contribution is -2.35. The lowest BCUT2D eigenvalue weighted by Gasteiger charge is -2.20. The molecule has 0 aliphatic carbocycles. The van der Waals surface area contributed by atoms with Crippen LogP contribution in [-0.4, -0.2) is 39.7 Å². The van der Waals surface area contributed by atoms with Crippen LogP contribution in [-0.2, 0) is 0 Å². The Balaban J connectivity index is 0.00000208. The number of nitrogens with zero attached hydrogens (tertiary/aromatic N) is 3. The molecule has 1 amide bonds. The molecule has 130 valence electrons. The maximum atomic E-state index is 13.0. The summed E-state index contributed by atoms with van der Waals surface area (Å²) in [4.78, 5) is 14.6. The minimum atomic E-state index is -0.310. The first kappa shape index (κ1) is 18.9. The average Bonchev–Trinajstić information content (AvgIpc) is 3.10. The monoisotopic (exact) mass is 416 g/mol. The van der Waals surface area contributed by atoms with Gasteiger partial charge in [0.2, 0.25) is 0 Å². The van der Waals surface area contributed by atoms with Gasteiger partial charge in [0.1, 0.15) is 5.82 Å². The van der Waals surface area contributed by atoms with E-state index in [1.165, 1.54) is 12.1 Å². The summed E-state index contributed by atoms with van der Waals surface area (Å²) in [6.45, 7) is 3.27. The highest BCUT2D eigenvalue weighted by Gasteiger charge is 2.34. The summed E-state index contributed by atoms with van der Waals surface area (Å²) >= 11 is 3.40. The van der Waals surface area contributed by atoms with E-state index in [0.717, 1.165) is 6.42 Å². The molecule has 5 nitrogen and oxygen atoms in total. The van der Waals surface area contributed by atoms with Crippen LogP contribution in [0.3, 0.4) is 0 Å². The van der Waals surface area contributed by atoms with Crippen molar-refractivity contribution in [2.24, 2.45) is 11.7 Å². The van der Waals surface area contributed by atoms with Gasteiger partial charge in [-0.25, -0.2) is 9.07 Å². The smallest absolute Gasteiger partial charge is 0.275 e. The van der Waals surface area contributed by atoms with Crippen molar-refractivity contribution in [3.63, 3.8) is 0 Å². The van der Waals surface area contributed by atoms with Gasteiger partial charge in [0.15, 0.2) is 5.69 Å². The number of carbonyl (C=O) groups is 1. The second-order valence-corrected chi connectivity index (χ2v) is 6.74. The van der Waals surface area contributed by atoms with E-state index in [1.807, 2.05) is 11.8 Å². The third-order valence-electron chi connectivity index (χ3n) is 4.22. The van der Waals surface area contributed by atoms with Crippen molar-refractivity contribution >= 4 is 34.2 Å². The number of hydrogen-bond acceptors (Lipinski definition) is 3. The molecule has 1 saturated heterocycles. The van der Waals surface area contributed by atoms with Crippen molar-refractivity contribution in [1.29, 1.82) is 0 Å². The summed E-state index contributed by atoms with van der Waals surface area (Å²) in [6, 6.07) is 6.11. The molecule has 24 heavy (non-hydrogen) atoms. The number of amides is 1. The number of carbonyl (C=O) groups excluding carboxylic acids is 1. The van der Waals surface area contributed by atoms with E-state index >= 15 is 0 Å². The van der Waals surface area contributed by atoms with Gasteiger partial charge < -0.3 is 10.6 Å². The Morgan fingerprint density at radius 1 is 1.42 bits per heavy atom. The number of benzene rings is 1. The summed E-state index contributed by atoms with van der Waals surface area (Å²) in [5.74, 6) is -0.0805. The molecule has 1 aromatic carbocycles. The van der Waals surface area contributed by atoms with E-state index in [1.54, 1.807) is 23.0 Å². The Morgan fingerprint density at radius 2 is 2.08 bits per heavy atom. The minimum absolute atomic E-state index is 0. The standard InChI is InChI=1S/C16H18BrFN4O.ClH/c1-10-6-11(7-19)8-21(10)16(23)15-14(17)9-22(20-15)13-4-2-12(18)3-5-13;/h2-5,9-11H,6-8,19H2,1H3;1H. The quantitative estimate of drug-likeness (QED) is 0.835. The van der Waals surface area contributed by atoms with Crippen LogP contribution in [0.4, 0.5) is 4.39 Å². The lowest BCUT2D eigenvalue weighted by atomic mass is 10.1. The zero-order valence-electron chi connectivity index (χ0n) is 13.2. The maximum absolute atomic E-state index is 13.0. The van der Waals surface area contributed by atoms with E-state index in [2.05, 4.69) is 21.0 Å². The van der Waals surface area contributed by atoms with Gasteiger partial charge in [-0.05, 0) is 66.0 Å². The van der Waals surface area contributed by atoms with Crippen LogP contribution in [0.5, 0.6) is 0 Å². The molecule has 0 bridgehead atoms. The Labute approximate surface area is 154 Å². The number of halogens is 3. The SMILES string of the molecule is CC1CC(CN)CN1C(=O)c1nn(-c2ccc(F)cc2)cc1Br.Cl. The molecular formula is C16H19BrClFN4O. The van der Waals surface area contributed by atoms with Crippen molar-refractivity contribution in [1.82, 2.24) is 14.7 Å². The van der Waals surface area contributed by atoms with Crippen LogP contribution >= 0.6 is 28.3 Å². The molecule has 2 unspecified atom stereocenters. The molecule has 8 heteroatoms. The van der Waals surface area contributed by atoms with Gasteiger partial charge in [-0.15, -0.1) is 12.4 Å². The topological polar surface area (TPSA) is 64.2 Å². The molecule has 1 fully saturated rings. The van der Waals surface area contributed by atoms with Crippen LogP contribution in [0, 0.1) is 11.7 Å². The number of aromatic nitrogens is 2. The van der Waals surface area contributed by atoms with Gasteiger partial charge in [0.05, 0.1) is 10.2 Å². The largest absolute Gasteiger partial charge is 0.334 e. The first-order chi connectivity index (χ1) is 11.0. The third-order valence-corrected chi connectivity index (χ3v) is 4.80. The summed E-state index contributed by atoms with van der Waals surface area (Å²) < 4.78 is 15.2. The second-order valence-electron chi connectivity index (χ2n) is 5.89. The van der Waals surface area contributed by atoms with Crippen LogP contribution < -0.4 is 5.73 Å². The Kier molecular flexibility index (Phi) is 6.01. The third kappa shape index (κ3) is 3.63. The Bertz CT molecular complexity index is 721. The highest BCUT2D eigenvalue weighted by molar-refractivity contribution is 9.10. The number of rotatable bonds is 3. The summed E-state index contributed by atoms with van der Waals surface area (Å²) in [5, 5.41) is 4.36. The molecule has 0 radical (unpaired) electrons. The fourth-order valence-electron chi connectivity index (χ4n) is 2.96. The molecule has 3 rings (SSSR count). The minimum Gasteiger partial charge on any atom is -0.334 e. The molecule has 0 spiro atoms. The van der Waals surface area contributed by atoms with E-state index in [9.17, 15) is 9.18 Å². The zero-order chi connectivity index (χ0) is 16.6. The van der Waals surface area contributed by atoms with Crippen LogP contribution in [0.2, 0.25) is 0 Å². The van der Waals surface area contributed by atoms with Crippen LogP contribution in [0.25, 0.3) is 5.69 Å². The molecule has 2 heterocycles. The van der Waals surface area contributed by atoms with Crippen molar-refractivity contribution in [3.05, 3.63) is 46.4 Å². The van der Waals surface area contributed by atoms with Crippen LogP contribution in [0.1, 0.15) is 23.8 Å². The van der Waals surface area contributed by atoms with E-state index in [4.69, 9.17) is 5.73 Å². The second kappa shape index (κ2) is 7.63. The highest BCUT2D eigenvalue weighted by atomic mass is 79.9. The maximum Gasteiger partial charge on any atom is 0.275 e. The van der Waals surface area contributed by atoms with Crippen LogP contribution in [0.15, 0.2) is 34.9 Å². The van der Waals surface area contributed by atoms with Gasteiger partial charge in [-0.1, -0.05) is 0 Å². The van der Waals surface area contributed by atoms with Gasteiger partial charge in [0.25, 0.3) is 5.91 Å². The molecule has 2 aromatic rings. The summed E-state index contributed by atoms with van der Waals surface area (Å²) in [5.41, 5.74) is 6.78. The molecule has 2 N–H and O–H groups in total. The fourth-order valence-corrected chi connectivity index (χ4v) is 3.40. The van der Waals surface area contributed by atoms with Crippen molar-refractivity contribution in [3.8, 4) is 5.69 Å². The van der Waals surface area contributed by atoms with E-state index in [-0.39, 0.29) is 30.2 Å². The number of nitrogens with two attached hydrogens (primary N) is 1.